The molecule has 0 aromatic heterocycles. The summed E-state index contributed by atoms with van der Waals surface area (Å²) >= 11 is 0. The van der Waals surface area contributed by atoms with Crippen LogP contribution in [0.15, 0.2) is 86.0 Å². The fourth-order valence-electron chi connectivity index (χ4n) is 1.64. The molecule has 2 N–H and O–H groups in total. The van der Waals surface area contributed by atoms with E-state index in [-0.39, 0.29) is 31.2 Å². The zero-order valence-electron chi connectivity index (χ0n) is 21.8. The molecule has 37 heavy (non-hydrogen) atoms. The van der Waals surface area contributed by atoms with Gasteiger partial charge in [0.2, 0.25) is 0 Å². The minimum atomic E-state index is -1.07. The van der Waals surface area contributed by atoms with Crippen molar-refractivity contribution in [3.63, 3.8) is 0 Å². The van der Waals surface area contributed by atoms with Crippen LogP contribution in [0.4, 0.5) is 0 Å². The van der Waals surface area contributed by atoms with Gasteiger partial charge in [0.05, 0.1) is 20.3 Å². The number of carboxylic acids is 1. The number of esters is 3. The molecule has 0 aliphatic rings. The lowest BCUT2D eigenvalue weighted by atomic mass is 10.2. The molecule has 204 valence electrons. The third-order valence-electron chi connectivity index (χ3n) is 3.48. The number of carboxylic acid groups (broad SMARTS) is 1. The molecule has 0 amide bonds. The van der Waals surface area contributed by atoms with Crippen LogP contribution in [0.5, 0.6) is 0 Å². The molecule has 1 aromatic rings. The van der Waals surface area contributed by atoms with Crippen molar-refractivity contribution in [1.29, 1.82) is 0 Å². The van der Waals surface area contributed by atoms with Crippen LogP contribution in [0.2, 0.25) is 0 Å². The number of aliphatic carboxylic acids is 1. The first-order valence-corrected chi connectivity index (χ1v) is 11.1. The van der Waals surface area contributed by atoms with Crippen molar-refractivity contribution in [1.82, 2.24) is 0 Å². The molecule has 1 rings (SSSR count). The number of ether oxygens (including phenoxy) is 3. The molecule has 9 nitrogen and oxygen atoms in total. The predicted molar refractivity (Wildman–Crippen MR) is 143 cm³/mol. The van der Waals surface area contributed by atoms with Gasteiger partial charge in [0.15, 0.2) is 0 Å². The molecule has 9 heteroatoms. The highest BCUT2D eigenvalue weighted by atomic mass is 16.5. The topological polar surface area (TPSA) is 136 Å². The maximum absolute atomic E-state index is 11.1. The van der Waals surface area contributed by atoms with E-state index in [1.165, 1.54) is 18.7 Å². The Morgan fingerprint density at radius 2 is 1.59 bits per heavy atom. The molecule has 0 aliphatic carbocycles. The number of benzene rings is 1. The summed E-state index contributed by atoms with van der Waals surface area (Å²) in [6.07, 6.45) is 5.72. The van der Waals surface area contributed by atoms with Gasteiger partial charge in [-0.1, -0.05) is 68.8 Å². The smallest absolute Gasteiger partial charge is 0.333 e. The van der Waals surface area contributed by atoms with Crippen LogP contribution in [0.25, 0.3) is 6.08 Å². The van der Waals surface area contributed by atoms with Crippen molar-refractivity contribution in [2.24, 2.45) is 0 Å². The average Bonchev–Trinajstić information content (AvgIpc) is 2.89. The summed E-state index contributed by atoms with van der Waals surface area (Å²) in [5, 5.41) is 16.7. The van der Waals surface area contributed by atoms with E-state index in [9.17, 15) is 19.2 Å². The first-order valence-electron chi connectivity index (χ1n) is 11.1. The Bertz CT molecular complexity index is 884. The van der Waals surface area contributed by atoms with E-state index in [4.69, 9.17) is 14.9 Å². The molecule has 0 radical (unpaired) electrons. The van der Waals surface area contributed by atoms with Crippen molar-refractivity contribution >= 4 is 30.0 Å². The predicted octanol–water partition coefficient (Wildman–Crippen LogP) is 4.30. The minimum absolute atomic E-state index is 0.0430. The van der Waals surface area contributed by atoms with Gasteiger partial charge < -0.3 is 24.4 Å². The normalized spacial score (nSPS) is 8.86. The van der Waals surface area contributed by atoms with Crippen molar-refractivity contribution in [2.75, 3.05) is 26.9 Å². The number of carbonyl (C=O) groups is 4. The molecule has 0 saturated heterocycles. The molecule has 0 bridgehead atoms. The molecule has 0 atom stereocenters. The molecule has 0 aliphatic heterocycles. The summed E-state index contributed by atoms with van der Waals surface area (Å²) in [5.74, 6) is -2.35. The van der Waals surface area contributed by atoms with Gasteiger partial charge in [-0.05, 0) is 25.8 Å². The SMILES string of the molecule is C=C(C)C(=O)OCC.C=C(CC=CC(=O)O)C(=O)OCCCO.C=CC(=O)OC.C=Cc1ccccc1. The van der Waals surface area contributed by atoms with Gasteiger partial charge in [0.1, 0.15) is 0 Å². The molecule has 1 aromatic carbocycles. The number of carbonyl (C=O) groups excluding carboxylic acids is 3. The van der Waals surface area contributed by atoms with Crippen LogP contribution in [0.1, 0.15) is 32.3 Å². The number of rotatable bonds is 11. The highest BCUT2D eigenvalue weighted by molar-refractivity contribution is 5.88. The van der Waals surface area contributed by atoms with Gasteiger partial charge in [-0.25, -0.2) is 19.2 Å². The van der Waals surface area contributed by atoms with Gasteiger partial charge in [0.25, 0.3) is 0 Å². The molecule has 0 spiro atoms. The monoisotopic (exact) mass is 518 g/mol. The van der Waals surface area contributed by atoms with Gasteiger partial charge in [-0.3, -0.25) is 0 Å². The minimum Gasteiger partial charge on any atom is -0.478 e. The highest BCUT2D eigenvalue weighted by Crippen LogP contribution is 2.02. The Balaban J connectivity index is -0.000000447. The third kappa shape index (κ3) is 27.9. The van der Waals surface area contributed by atoms with E-state index in [2.05, 4.69) is 35.8 Å². The maximum Gasteiger partial charge on any atom is 0.333 e. The van der Waals surface area contributed by atoms with Crippen LogP contribution in [0.3, 0.4) is 0 Å². The Morgan fingerprint density at radius 3 is 1.92 bits per heavy atom. The zero-order chi connectivity index (χ0) is 29.1. The molecular formula is C28H38O9. The van der Waals surface area contributed by atoms with E-state index in [0.717, 1.165) is 12.2 Å². The lowest BCUT2D eigenvalue weighted by Crippen LogP contribution is -2.08. The molecule has 0 saturated carbocycles. The van der Waals surface area contributed by atoms with Crippen molar-refractivity contribution in [3.05, 3.63) is 91.6 Å². The van der Waals surface area contributed by atoms with Crippen molar-refractivity contribution in [3.8, 4) is 0 Å². The van der Waals surface area contributed by atoms with Gasteiger partial charge in [-0.2, -0.15) is 0 Å². The number of hydrogen-bond donors (Lipinski definition) is 2. The summed E-state index contributed by atoms with van der Waals surface area (Å²) < 4.78 is 13.4. The molecule has 0 heterocycles. The number of aliphatic hydroxyl groups excluding tert-OH is 1. The van der Waals surface area contributed by atoms with Crippen LogP contribution in [0, 0.1) is 0 Å². The third-order valence-corrected chi connectivity index (χ3v) is 3.48. The standard InChI is InChI=1S/C10H14O5.C8H8.C6H10O2.C4H6O2/c1-8(4-2-5-9(12)13)10(14)15-7-3-6-11;1-2-8-6-4-3-5-7-8;1-4-8-6(7)5(2)3;1-3-4(5)6-2/h2,5,11H,1,3-4,6-7H2,(H,12,13);2-7H,1H2;2,4H2,1,3H3;3H,1H2,2H3. The van der Waals surface area contributed by atoms with E-state index in [1.807, 2.05) is 36.4 Å². The first kappa shape index (κ1) is 37.3. The van der Waals surface area contributed by atoms with E-state index >= 15 is 0 Å². The van der Waals surface area contributed by atoms with Crippen LogP contribution in [-0.4, -0.2) is 61.0 Å². The zero-order valence-corrected chi connectivity index (χ0v) is 21.8. The summed E-state index contributed by atoms with van der Waals surface area (Å²) in [6.45, 7) is 17.5. The number of aliphatic hydroxyl groups is 1. The Labute approximate surface area is 219 Å². The summed E-state index contributed by atoms with van der Waals surface area (Å²) in [4.78, 5) is 41.5. The van der Waals surface area contributed by atoms with Gasteiger partial charge >= 0.3 is 23.9 Å². The lowest BCUT2D eigenvalue weighted by Gasteiger charge is -2.03. The van der Waals surface area contributed by atoms with E-state index in [0.29, 0.717) is 18.6 Å². The molecular weight excluding hydrogens is 480 g/mol. The second-order valence-corrected chi connectivity index (χ2v) is 6.60. The van der Waals surface area contributed by atoms with Crippen molar-refractivity contribution < 1.29 is 43.6 Å². The van der Waals surface area contributed by atoms with E-state index < -0.39 is 17.9 Å². The maximum atomic E-state index is 11.1. The van der Waals surface area contributed by atoms with E-state index in [1.54, 1.807) is 13.8 Å². The Kier molecular flexibility index (Phi) is 26.6. The number of hydrogen-bond acceptors (Lipinski definition) is 8. The molecule has 0 unspecified atom stereocenters. The fraction of sp³-hybridized carbons (Fsp3) is 0.286. The highest BCUT2D eigenvalue weighted by Gasteiger charge is 2.06. The van der Waals surface area contributed by atoms with Gasteiger partial charge in [0, 0.05) is 36.3 Å². The average molecular weight is 519 g/mol. The van der Waals surface area contributed by atoms with Crippen LogP contribution >= 0.6 is 0 Å². The van der Waals surface area contributed by atoms with Crippen LogP contribution in [-0.2, 0) is 33.4 Å². The second kappa shape index (κ2) is 26.4. The Morgan fingerprint density at radius 1 is 1.00 bits per heavy atom. The summed E-state index contributed by atoms with van der Waals surface area (Å²) in [7, 11) is 1.31. The summed E-state index contributed by atoms with van der Waals surface area (Å²) in [5.41, 5.74) is 1.81. The molecule has 0 fully saturated rings. The lowest BCUT2D eigenvalue weighted by molar-refractivity contribution is -0.139. The summed E-state index contributed by atoms with van der Waals surface area (Å²) in [6, 6.07) is 10.0. The quantitative estimate of drug-likeness (QED) is 0.190. The number of allylic oxidation sites excluding steroid dienone is 1. The van der Waals surface area contributed by atoms with Crippen molar-refractivity contribution in [2.45, 2.75) is 26.7 Å². The van der Waals surface area contributed by atoms with Gasteiger partial charge in [-0.15, -0.1) is 0 Å². The largest absolute Gasteiger partial charge is 0.478 e. The van der Waals surface area contributed by atoms with Crippen LogP contribution < -0.4 is 0 Å². The first-order chi connectivity index (χ1) is 17.5. The second-order valence-electron chi connectivity index (χ2n) is 6.60. The Hall–Kier alpha value is -4.24. The fourth-order valence-corrected chi connectivity index (χ4v) is 1.64. The number of methoxy groups -OCH3 is 1.